The number of anilines is 1. The van der Waals surface area contributed by atoms with Gasteiger partial charge in [-0.05, 0) is 38.1 Å². The number of halogens is 2. The molecule has 0 unspecified atom stereocenters. The van der Waals surface area contributed by atoms with Crippen LogP contribution in [0.25, 0.3) is 33.0 Å². The van der Waals surface area contributed by atoms with Crippen molar-refractivity contribution in [2.45, 2.75) is 20.5 Å². The summed E-state index contributed by atoms with van der Waals surface area (Å²) in [6.07, 6.45) is 5.75. The molecule has 13 heteroatoms. The predicted molar refractivity (Wildman–Crippen MR) is 137 cm³/mol. The van der Waals surface area contributed by atoms with Crippen LogP contribution in [0, 0.1) is 13.8 Å². The predicted octanol–water partition coefficient (Wildman–Crippen LogP) is 5.08. The number of ether oxygens (including phenoxy) is 2. The molecule has 38 heavy (non-hydrogen) atoms. The van der Waals surface area contributed by atoms with Crippen LogP contribution in [0.2, 0.25) is 0 Å². The maximum absolute atomic E-state index is 13.3. The van der Waals surface area contributed by atoms with Gasteiger partial charge in [0, 0.05) is 28.7 Å². The van der Waals surface area contributed by atoms with Gasteiger partial charge in [0.05, 0.1) is 37.0 Å². The molecule has 5 aromatic heterocycles. The summed E-state index contributed by atoms with van der Waals surface area (Å²) in [5.74, 6) is 0.0447. The smallest absolute Gasteiger partial charge is 0.387 e. The van der Waals surface area contributed by atoms with Gasteiger partial charge in [-0.15, -0.1) is 0 Å². The van der Waals surface area contributed by atoms with E-state index in [1.807, 2.05) is 26.0 Å². The van der Waals surface area contributed by atoms with Gasteiger partial charge in [0.1, 0.15) is 17.2 Å². The normalized spacial score (nSPS) is 11.1. The fourth-order valence-corrected chi connectivity index (χ4v) is 4.44. The van der Waals surface area contributed by atoms with Crippen LogP contribution in [0.5, 0.6) is 11.5 Å². The van der Waals surface area contributed by atoms with Crippen molar-refractivity contribution in [3.8, 4) is 34.0 Å². The number of alkyl halides is 2. The molecule has 10 nitrogen and oxygen atoms in total. The number of rotatable bonds is 7. The van der Waals surface area contributed by atoms with Crippen molar-refractivity contribution < 1.29 is 23.0 Å². The zero-order valence-electron chi connectivity index (χ0n) is 20.3. The Hall–Kier alpha value is -4.65. The molecule has 1 N–H and O–H groups in total. The number of methoxy groups -OCH3 is 1. The number of aromatic nitrogens is 6. The van der Waals surface area contributed by atoms with Gasteiger partial charge in [-0.1, -0.05) is 11.3 Å². The van der Waals surface area contributed by atoms with Crippen LogP contribution in [0.4, 0.5) is 13.9 Å². The highest BCUT2D eigenvalue weighted by molar-refractivity contribution is 7.21. The summed E-state index contributed by atoms with van der Waals surface area (Å²) >= 11 is 1.13. The lowest BCUT2D eigenvalue weighted by Crippen LogP contribution is -2.14. The highest BCUT2D eigenvalue weighted by Crippen LogP contribution is 2.33. The molecule has 5 aromatic rings. The molecule has 0 saturated carbocycles. The number of amides is 1. The first-order valence-electron chi connectivity index (χ1n) is 11.1. The molecule has 0 aromatic carbocycles. The van der Waals surface area contributed by atoms with Crippen molar-refractivity contribution in [1.82, 2.24) is 29.9 Å². The average molecular weight is 536 g/mol. The van der Waals surface area contributed by atoms with Crippen LogP contribution in [-0.2, 0) is 0 Å². The molecule has 0 aliphatic heterocycles. The lowest BCUT2D eigenvalue weighted by Gasteiger charge is -2.13. The Morgan fingerprint density at radius 3 is 2.39 bits per heavy atom. The minimum absolute atomic E-state index is 0.0647. The topological polar surface area (TPSA) is 125 Å². The monoisotopic (exact) mass is 535 g/mol. The van der Waals surface area contributed by atoms with Crippen LogP contribution in [-0.4, -0.2) is 49.5 Å². The third-order valence-corrected chi connectivity index (χ3v) is 6.22. The fourth-order valence-electron chi connectivity index (χ4n) is 3.65. The van der Waals surface area contributed by atoms with Crippen LogP contribution in [0.1, 0.15) is 21.7 Å². The summed E-state index contributed by atoms with van der Waals surface area (Å²) in [5, 5.41) is 3.09. The van der Waals surface area contributed by atoms with Gasteiger partial charge in [-0.2, -0.15) is 13.8 Å². The van der Waals surface area contributed by atoms with E-state index >= 15 is 0 Å². The molecule has 0 radical (unpaired) electrons. The Kier molecular flexibility index (Phi) is 6.83. The van der Waals surface area contributed by atoms with Gasteiger partial charge in [-0.3, -0.25) is 25.1 Å². The minimum atomic E-state index is -2.94. The van der Waals surface area contributed by atoms with Gasteiger partial charge in [0.15, 0.2) is 15.6 Å². The second-order valence-corrected chi connectivity index (χ2v) is 8.99. The Balaban J connectivity index is 1.43. The minimum Gasteiger partial charge on any atom is -0.494 e. The molecular weight excluding hydrogens is 516 g/mol. The summed E-state index contributed by atoms with van der Waals surface area (Å²) < 4.78 is 34.5. The van der Waals surface area contributed by atoms with E-state index < -0.39 is 12.5 Å². The maximum atomic E-state index is 13.3. The zero-order chi connectivity index (χ0) is 26.8. The number of nitrogens with zero attached hydrogens (tertiary/aromatic N) is 6. The highest BCUT2D eigenvalue weighted by Gasteiger charge is 2.20. The van der Waals surface area contributed by atoms with E-state index in [0.29, 0.717) is 49.4 Å². The molecule has 0 bridgehead atoms. The first-order chi connectivity index (χ1) is 18.3. The summed E-state index contributed by atoms with van der Waals surface area (Å²) in [7, 11) is 1.54. The van der Waals surface area contributed by atoms with Crippen LogP contribution in [0.15, 0.2) is 49.1 Å². The number of carbonyl (C=O) groups is 1. The second-order valence-electron chi connectivity index (χ2n) is 8.01. The number of nitrogens with one attached hydrogen (secondary N) is 1. The van der Waals surface area contributed by atoms with E-state index in [1.54, 1.807) is 13.3 Å². The first-order valence-corrected chi connectivity index (χ1v) is 12.0. The Morgan fingerprint density at radius 2 is 1.68 bits per heavy atom. The van der Waals surface area contributed by atoms with E-state index in [0.717, 1.165) is 22.7 Å². The van der Waals surface area contributed by atoms with Gasteiger partial charge in [0.2, 0.25) is 0 Å². The zero-order valence-corrected chi connectivity index (χ0v) is 21.1. The molecule has 5 rings (SSSR count). The van der Waals surface area contributed by atoms with Crippen molar-refractivity contribution in [3.05, 3.63) is 66.0 Å². The number of thiazole rings is 1. The summed E-state index contributed by atoms with van der Waals surface area (Å²) in [4.78, 5) is 39.6. The van der Waals surface area contributed by atoms with Crippen molar-refractivity contribution >= 4 is 32.9 Å². The molecular formula is C25H19F2N7O3S. The fraction of sp³-hybridized carbons (Fsp3) is 0.160. The largest absolute Gasteiger partial charge is 0.494 e. The van der Waals surface area contributed by atoms with E-state index in [1.165, 1.54) is 30.7 Å². The van der Waals surface area contributed by atoms with Gasteiger partial charge in [-0.25, -0.2) is 9.97 Å². The summed E-state index contributed by atoms with van der Waals surface area (Å²) in [5.41, 5.74) is 4.34. The molecule has 1 amide bonds. The van der Waals surface area contributed by atoms with Crippen LogP contribution >= 0.6 is 11.3 Å². The van der Waals surface area contributed by atoms with Gasteiger partial charge in [0.25, 0.3) is 5.91 Å². The standard InChI is InChI=1S/C25H19F2N7O3S/c1-12-6-15(16-7-13(2)29-11-20(16)36-3)17(9-28-12)22(35)34-25-33-21-23(38-25)32-19(10-31-21)18-5-4-14(8-30-18)37-24(26)27/h4-11,24H,1-3H3,(H,31,33,34,35). The first kappa shape index (κ1) is 25.0. The maximum Gasteiger partial charge on any atom is 0.387 e. The van der Waals surface area contributed by atoms with Gasteiger partial charge < -0.3 is 9.47 Å². The Bertz CT molecular complexity index is 1640. The van der Waals surface area contributed by atoms with Gasteiger partial charge >= 0.3 is 6.61 Å². The van der Waals surface area contributed by atoms with Crippen LogP contribution in [0.3, 0.4) is 0 Å². The molecule has 0 atom stereocenters. The summed E-state index contributed by atoms with van der Waals surface area (Å²) in [6, 6.07) is 6.52. The number of hydrogen-bond donors (Lipinski definition) is 1. The molecule has 0 fully saturated rings. The van der Waals surface area contributed by atoms with Crippen molar-refractivity contribution in [2.24, 2.45) is 0 Å². The molecule has 0 aliphatic carbocycles. The lowest BCUT2D eigenvalue weighted by atomic mass is 9.99. The van der Waals surface area contributed by atoms with E-state index in [4.69, 9.17) is 4.74 Å². The molecule has 192 valence electrons. The average Bonchev–Trinajstić information content (AvgIpc) is 3.30. The Labute approximate surface area is 218 Å². The quantitative estimate of drug-likeness (QED) is 0.304. The second kappa shape index (κ2) is 10.4. The molecule has 0 spiro atoms. The van der Waals surface area contributed by atoms with E-state index in [9.17, 15) is 13.6 Å². The third kappa shape index (κ3) is 5.22. The van der Waals surface area contributed by atoms with Crippen molar-refractivity contribution in [3.63, 3.8) is 0 Å². The number of aryl methyl sites for hydroxylation is 2. The molecule has 0 saturated heterocycles. The number of carbonyl (C=O) groups excluding carboxylic acids is 1. The molecule has 0 aliphatic rings. The SMILES string of the molecule is COc1cnc(C)cc1-c1cc(C)ncc1C(=O)Nc1nc2ncc(-c3ccc(OC(F)F)cn3)nc2s1. The number of pyridine rings is 3. The highest BCUT2D eigenvalue weighted by atomic mass is 32.1. The van der Waals surface area contributed by atoms with E-state index in [-0.39, 0.29) is 5.75 Å². The molecule has 5 heterocycles. The number of fused-ring (bicyclic) bond motifs is 1. The number of hydrogen-bond acceptors (Lipinski definition) is 10. The van der Waals surface area contributed by atoms with Crippen LogP contribution < -0.4 is 14.8 Å². The third-order valence-electron chi connectivity index (χ3n) is 5.37. The van der Waals surface area contributed by atoms with E-state index in [2.05, 4.69) is 40.0 Å². The lowest BCUT2D eigenvalue weighted by molar-refractivity contribution is -0.0500. The summed E-state index contributed by atoms with van der Waals surface area (Å²) in [6.45, 7) is 0.752. The van der Waals surface area contributed by atoms with Crippen molar-refractivity contribution in [1.29, 1.82) is 0 Å². The Morgan fingerprint density at radius 1 is 0.921 bits per heavy atom. The van der Waals surface area contributed by atoms with Crippen molar-refractivity contribution in [2.75, 3.05) is 12.4 Å².